The van der Waals surface area contributed by atoms with Crippen molar-refractivity contribution in [1.29, 1.82) is 0 Å². The Kier molecular flexibility index (Phi) is 6.12. The smallest absolute Gasteiger partial charge is 0.263 e. The number of fused-ring (bicyclic) bond motifs is 1. The molecule has 0 saturated heterocycles. The number of aryl methyl sites for hydroxylation is 2. The lowest BCUT2D eigenvalue weighted by Gasteiger charge is -2.22. The highest BCUT2D eigenvalue weighted by Crippen LogP contribution is 2.31. The van der Waals surface area contributed by atoms with E-state index in [1.165, 1.54) is 10.8 Å². The zero-order valence-corrected chi connectivity index (χ0v) is 20.6. The van der Waals surface area contributed by atoms with Gasteiger partial charge in [0.05, 0.1) is 18.0 Å². The molecule has 5 aromatic rings. The first-order valence-electron chi connectivity index (χ1n) is 11.8. The topological polar surface area (TPSA) is 86.2 Å². The highest BCUT2D eigenvalue weighted by molar-refractivity contribution is 5.96. The van der Waals surface area contributed by atoms with E-state index >= 15 is 0 Å². The van der Waals surface area contributed by atoms with Crippen molar-refractivity contribution in [3.05, 3.63) is 123 Å². The fourth-order valence-corrected chi connectivity index (χ4v) is 4.43. The van der Waals surface area contributed by atoms with Gasteiger partial charge in [-0.15, -0.1) is 0 Å². The lowest BCUT2D eigenvalue weighted by atomic mass is 9.98. The van der Waals surface area contributed by atoms with E-state index in [-0.39, 0.29) is 17.2 Å². The van der Waals surface area contributed by atoms with E-state index in [9.17, 15) is 9.59 Å². The Labute approximate surface area is 213 Å². The van der Waals surface area contributed by atoms with Crippen LogP contribution in [-0.4, -0.2) is 19.1 Å². The predicted octanol–water partition coefficient (Wildman–Crippen LogP) is 5.18. The highest BCUT2D eigenvalue weighted by atomic mass is 16.1. The number of pyridine rings is 2. The maximum Gasteiger partial charge on any atom is 0.263 e. The quantitative estimate of drug-likeness (QED) is 0.345. The molecule has 5 rings (SSSR count). The molecule has 8 heteroatoms. The maximum absolute atomic E-state index is 14.2. The molecule has 1 atom stereocenters. The van der Waals surface area contributed by atoms with Gasteiger partial charge in [-0.1, -0.05) is 36.4 Å². The summed E-state index contributed by atoms with van der Waals surface area (Å²) in [5.74, 6) is 0.954. The molecule has 0 fully saturated rings. The molecule has 0 aliphatic heterocycles. The minimum absolute atomic E-state index is 0.150. The van der Waals surface area contributed by atoms with Gasteiger partial charge in [0.2, 0.25) is 5.69 Å². The number of hydrogen-bond acceptors (Lipinski definition) is 5. The molecule has 0 amide bonds. The van der Waals surface area contributed by atoms with Gasteiger partial charge in [0.15, 0.2) is 0 Å². The van der Waals surface area contributed by atoms with Crippen LogP contribution in [-0.2, 0) is 7.05 Å². The van der Waals surface area contributed by atoms with E-state index in [2.05, 4.69) is 20.1 Å². The van der Waals surface area contributed by atoms with Crippen molar-refractivity contribution in [2.45, 2.75) is 19.9 Å². The van der Waals surface area contributed by atoms with Gasteiger partial charge in [0.25, 0.3) is 11.1 Å². The fourth-order valence-electron chi connectivity index (χ4n) is 4.43. The summed E-state index contributed by atoms with van der Waals surface area (Å²) in [6.07, 6.45) is 3.19. The maximum atomic E-state index is 14.2. The minimum atomic E-state index is -0.375. The Morgan fingerprint density at radius 1 is 1.03 bits per heavy atom. The van der Waals surface area contributed by atoms with Crippen molar-refractivity contribution in [3.8, 4) is 16.8 Å². The van der Waals surface area contributed by atoms with Crippen molar-refractivity contribution in [2.24, 2.45) is 7.05 Å². The van der Waals surface area contributed by atoms with E-state index in [0.29, 0.717) is 45.2 Å². The molecular weight excluding hydrogens is 464 g/mol. The van der Waals surface area contributed by atoms with Crippen LogP contribution in [0.1, 0.15) is 24.5 Å². The predicted molar refractivity (Wildman–Crippen MR) is 145 cm³/mol. The van der Waals surface area contributed by atoms with Crippen LogP contribution in [0.4, 0.5) is 11.5 Å². The van der Waals surface area contributed by atoms with E-state index in [4.69, 9.17) is 6.57 Å². The fraction of sp³-hybridized carbons (Fsp3) is 0.138. The monoisotopic (exact) mass is 488 g/mol. The number of para-hydroxylation sites is 1. The van der Waals surface area contributed by atoms with Crippen molar-refractivity contribution in [3.63, 3.8) is 0 Å². The number of anilines is 1. The number of hydrogen-bond donors (Lipinski definition) is 1. The van der Waals surface area contributed by atoms with Crippen LogP contribution in [0, 0.1) is 13.5 Å². The van der Waals surface area contributed by atoms with E-state index in [1.807, 2.05) is 67.6 Å². The van der Waals surface area contributed by atoms with Crippen LogP contribution in [0.2, 0.25) is 0 Å². The molecule has 3 heterocycles. The summed E-state index contributed by atoms with van der Waals surface area (Å²) in [6.45, 7) is 11.2. The highest BCUT2D eigenvalue weighted by Gasteiger charge is 2.20. The molecule has 0 bridgehead atoms. The van der Waals surface area contributed by atoms with Crippen molar-refractivity contribution in [1.82, 2.24) is 19.1 Å². The van der Waals surface area contributed by atoms with Crippen LogP contribution in [0.5, 0.6) is 0 Å². The molecule has 0 aliphatic rings. The number of nitrogens with zero attached hydrogens (tertiary/aromatic N) is 5. The molecule has 3 aromatic heterocycles. The summed E-state index contributed by atoms with van der Waals surface area (Å²) >= 11 is 0. The Bertz CT molecular complexity index is 1800. The number of nitrogens with one attached hydrogen (secondary N) is 1. The van der Waals surface area contributed by atoms with Crippen LogP contribution in [0.15, 0.2) is 88.7 Å². The molecule has 0 unspecified atom stereocenters. The van der Waals surface area contributed by atoms with Gasteiger partial charge >= 0.3 is 0 Å². The van der Waals surface area contributed by atoms with Gasteiger partial charge in [0, 0.05) is 36.9 Å². The standard InChI is InChI=1S/C29H24N6O2/c1-18(32-28-24(30-3)17-31-19(2)33-28)25-15-21-9-8-12-23(20-13-14-34(4)26(36)16-20)27(21)29(37)35(25)22-10-6-5-7-11-22/h5-18H,1-2,4H3,(H,31,32,33)/t18-/m0/s1. The Morgan fingerprint density at radius 3 is 2.54 bits per heavy atom. The second-order valence-corrected chi connectivity index (χ2v) is 8.81. The molecule has 0 aliphatic carbocycles. The van der Waals surface area contributed by atoms with Gasteiger partial charge < -0.3 is 9.88 Å². The summed E-state index contributed by atoms with van der Waals surface area (Å²) in [7, 11) is 1.69. The molecule has 0 spiro atoms. The third-order valence-corrected chi connectivity index (χ3v) is 6.31. The van der Waals surface area contributed by atoms with E-state index in [1.54, 1.807) is 30.8 Å². The van der Waals surface area contributed by atoms with Crippen molar-refractivity contribution in [2.75, 3.05) is 5.32 Å². The Hall–Kier alpha value is -5.03. The largest absolute Gasteiger partial charge is 0.371 e. The molecule has 2 aromatic carbocycles. The summed E-state index contributed by atoms with van der Waals surface area (Å²) < 4.78 is 3.17. The molecule has 0 saturated carbocycles. The zero-order chi connectivity index (χ0) is 26.1. The first-order valence-corrected chi connectivity index (χ1v) is 11.8. The average Bonchev–Trinajstić information content (AvgIpc) is 2.90. The van der Waals surface area contributed by atoms with Gasteiger partial charge in [-0.25, -0.2) is 9.83 Å². The summed E-state index contributed by atoms with van der Waals surface area (Å²) in [5, 5.41) is 4.59. The number of rotatable bonds is 5. The Morgan fingerprint density at radius 2 is 1.81 bits per heavy atom. The van der Waals surface area contributed by atoms with Gasteiger partial charge in [-0.05, 0) is 54.6 Å². The lowest BCUT2D eigenvalue weighted by Crippen LogP contribution is -2.26. The Balaban J connectivity index is 1.76. The molecule has 8 nitrogen and oxygen atoms in total. The van der Waals surface area contributed by atoms with Crippen LogP contribution in [0.3, 0.4) is 0 Å². The third-order valence-electron chi connectivity index (χ3n) is 6.31. The van der Waals surface area contributed by atoms with E-state index in [0.717, 1.165) is 5.39 Å². The number of benzene rings is 2. The van der Waals surface area contributed by atoms with Crippen molar-refractivity contribution >= 4 is 22.3 Å². The summed E-state index contributed by atoms with van der Waals surface area (Å²) in [6, 6.07) is 20.0. The number of aromatic nitrogens is 4. The first-order chi connectivity index (χ1) is 17.9. The van der Waals surface area contributed by atoms with Crippen molar-refractivity contribution < 1.29 is 0 Å². The molecular formula is C29H24N6O2. The SMILES string of the molecule is [C-]#[N+]c1cnc(C)nc1N[C@@H](C)c1cc2cccc(-c3ccn(C)c(=O)c3)c2c(=O)n1-c1ccccc1. The second-order valence-electron chi connectivity index (χ2n) is 8.81. The van der Waals surface area contributed by atoms with Gasteiger partial charge in [0.1, 0.15) is 11.6 Å². The summed E-state index contributed by atoms with van der Waals surface area (Å²) in [4.78, 5) is 38.6. The van der Waals surface area contributed by atoms with E-state index < -0.39 is 0 Å². The average molecular weight is 489 g/mol. The lowest BCUT2D eigenvalue weighted by molar-refractivity contribution is 0.772. The van der Waals surface area contributed by atoms with Crippen LogP contribution < -0.4 is 16.4 Å². The summed E-state index contributed by atoms with van der Waals surface area (Å²) in [5.41, 5.74) is 2.75. The normalized spacial score (nSPS) is 11.7. The molecule has 37 heavy (non-hydrogen) atoms. The second kappa shape index (κ2) is 9.55. The zero-order valence-electron chi connectivity index (χ0n) is 20.6. The van der Waals surface area contributed by atoms with Crippen LogP contribution in [0.25, 0.3) is 32.4 Å². The molecule has 0 radical (unpaired) electrons. The first kappa shape index (κ1) is 23.7. The molecule has 1 N–H and O–H groups in total. The molecule has 182 valence electrons. The minimum Gasteiger partial charge on any atom is -0.371 e. The van der Waals surface area contributed by atoms with Gasteiger partial charge in [-0.2, -0.15) is 0 Å². The third kappa shape index (κ3) is 4.39. The van der Waals surface area contributed by atoms with Crippen LogP contribution >= 0.6 is 0 Å². The van der Waals surface area contributed by atoms with Gasteiger partial charge in [-0.3, -0.25) is 19.1 Å².